The number of nitrogens with zero attached hydrogens (tertiary/aromatic N) is 2. The highest BCUT2D eigenvalue weighted by atomic mass is 35.5. The van der Waals surface area contributed by atoms with Gasteiger partial charge in [0.05, 0.1) is 11.9 Å². The second-order valence-electron chi connectivity index (χ2n) is 4.66. The first kappa shape index (κ1) is 14.8. The van der Waals surface area contributed by atoms with E-state index in [0.29, 0.717) is 15.6 Å². The van der Waals surface area contributed by atoms with Crippen LogP contribution in [0.25, 0.3) is 5.69 Å². The molecule has 4 nitrogen and oxygen atoms in total. The van der Waals surface area contributed by atoms with Crippen molar-refractivity contribution in [3.8, 4) is 5.69 Å². The van der Waals surface area contributed by atoms with Crippen LogP contribution >= 0.6 is 22.1 Å². The molecule has 2 aromatic rings. The Balaban J connectivity index is 2.72. The maximum atomic E-state index is 12.4. The third kappa shape index (κ3) is 2.51. The van der Waals surface area contributed by atoms with Crippen molar-refractivity contribution >= 4 is 33.6 Å². The number of rotatable bonds is 2. The first-order valence-electron chi connectivity index (χ1n) is 5.93. The van der Waals surface area contributed by atoms with Crippen LogP contribution in [0.15, 0.2) is 28.0 Å². The van der Waals surface area contributed by atoms with Gasteiger partial charge < -0.3 is 5.73 Å². The van der Waals surface area contributed by atoms with Crippen LogP contribution < -0.4 is 11.3 Å². The molecule has 106 valence electrons. The highest BCUT2D eigenvalue weighted by molar-refractivity contribution is 8.13. The molecular weight excluding hydrogens is 294 g/mol. The molecule has 20 heavy (non-hydrogen) atoms. The predicted octanol–water partition coefficient (Wildman–Crippen LogP) is 2.77. The van der Waals surface area contributed by atoms with Crippen LogP contribution in [0, 0.1) is 13.8 Å². The smallest absolute Gasteiger partial charge is 0.295 e. The van der Waals surface area contributed by atoms with E-state index in [-0.39, 0.29) is 21.7 Å². The summed E-state index contributed by atoms with van der Waals surface area (Å²) in [4.78, 5) is 13.1. The number of aromatic nitrogens is 2. The van der Waals surface area contributed by atoms with Crippen molar-refractivity contribution in [1.29, 1.82) is 0 Å². The number of halogens is 1. The van der Waals surface area contributed by atoms with Gasteiger partial charge in [-0.25, -0.2) is 0 Å². The quantitative estimate of drug-likeness (QED) is 0.868. The van der Waals surface area contributed by atoms with Crippen LogP contribution in [-0.2, 0) is 0 Å². The number of hydrogen-bond acceptors (Lipinski definition) is 3. The van der Waals surface area contributed by atoms with Gasteiger partial charge in [-0.1, -0.05) is 17.5 Å². The average Bonchev–Trinajstić information content (AvgIpc) is 2.37. The fourth-order valence-corrected chi connectivity index (χ4v) is 2.80. The molecule has 2 rings (SSSR count). The molecule has 0 aliphatic rings. The average molecular weight is 310 g/mol. The van der Waals surface area contributed by atoms with Crippen molar-refractivity contribution in [2.45, 2.75) is 18.7 Å². The lowest BCUT2D eigenvalue weighted by molar-refractivity contribution is 0.790. The van der Waals surface area contributed by atoms with Gasteiger partial charge >= 0.3 is 0 Å². The van der Waals surface area contributed by atoms with E-state index in [9.17, 15) is 4.79 Å². The molecule has 0 radical (unpaired) electrons. The standard InChI is InChI=1S/C14H16ClN3OS/c1-8-6-11(9(2)5-10(8)15)18-14(19)13(16)12(7-17-18)20(3)4/h5-7H,3,16H2,1-2,4H3. The van der Waals surface area contributed by atoms with Crippen LogP contribution in [-0.4, -0.2) is 21.9 Å². The molecule has 2 N–H and O–H groups in total. The molecule has 0 amide bonds. The number of anilines is 1. The molecule has 1 unspecified atom stereocenters. The molecular formula is C14H16ClN3OS. The summed E-state index contributed by atoms with van der Waals surface area (Å²) >= 11 is 6.07. The van der Waals surface area contributed by atoms with Crippen LogP contribution in [0.5, 0.6) is 0 Å². The minimum atomic E-state index is -0.351. The second-order valence-corrected chi connectivity index (χ2v) is 6.79. The molecule has 0 saturated carbocycles. The normalized spacial score (nSPS) is 12.4. The summed E-state index contributed by atoms with van der Waals surface area (Å²) in [6.07, 6.45) is 3.51. The third-order valence-electron chi connectivity index (χ3n) is 3.06. The number of hydrogen-bond donors (Lipinski definition) is 1. The topological polar surface area (TPSA) is 60.9 Å². The van der Waals surface area contributed by atoms with Crippen molar-refractivity contribution in [1.82, 2.24) is 9.78 Å². The summed E-state index contributed by atoms with van der Waals surface area (Å²) in [6.45, 7) is 3.76. The number of benzene rings is 1. The molecule has 1 heterocycles. The van der Waals surface area contributed by atoms with Crippen LogP contribution in [0.2, 0.25) is 5.02 Å². The van der Waals surface area contributed by atoms with E-state index in [1.807, 2.05) is 32.2 Å². The fraction of sp³-hybridized carbons (Fsp3) is 0.214. The van der Waals surface area contributed by atoms with E-state index in [4.69, 9.17) is 17.3 Å². The molecule has 1 aromatic carbocycles. The lowest BCUT2D eigenvalue weighted by Crippen LogP contribution is -2.25. The maximum absolute atomic E-state index is 12.4. The SMILES string of the molecule is C=S(C)c1cnn(-c2cc(C)c(Cl)cc2C)c(=O)c1N. The molecule has 0 saturated heterocycles. The zero-order chi connectivity index (χ0) is 15.0. The number of aryl methyl sites for hydroxylation is 2. The zero-order valence-corrected chi connectivity index (χ0v) is 13.2. The second kappa shape index (κ2) is 5.42. The highest BCUT2D eigenvalue weighted by Gasteiger charge is 2.12. The Bertz CT molecular complexity index is 768. The highest BCUT2D eigenvalue weighted by Crippen LogP contribution is 2.25. The summed E-state index contributed by atoms with van der Waals surface area (Å²) in [5.74, 6) is 3.90. The van der Waals surface area contributed by atoms with Crippen molar-refractivity contribution in [2.24, 2.45) is 0 Å². The van der Waals surface area contributed by atoms with E-state index in [2.05, 4.69) is 11.0 Å². The Morgan fingerprint density at radius 1 is 1.35 bits per heavy atom. The Morgan fingerprint density at radius 3 is 2.60 bits per heavy atom. The lowest BCUT2D eigenvalue weighted by Gasteiger charge is -2.12. The minimum absolute atomic E-state index is 0.202. The minimum Gasteiger partial charge on any atom is -0.393 e. The van der Waals surface area contributed by atoms with E-state index >= 15 is 0 Å². The first-order chi connectivity index (χ1) is 9.32. The zero-order valence-electron chi connectivity index (χ0n) is 11.6. The molecule has 0 spiro atoms. The molecule has 0 fully saturated rings. The van der Waals surface area contributed by atoms with E-state index in [0.717, 1.165) is 11.1 Å². The van der Waals surface area contributed by atoms with Crippen LogP contribution in [0.4, 0.5) is 5.69 Å². The van der Waals surface area contributed by atoms with Gasteiger partial charge in [0.25, 0.3) is 5.56 Å². The maximum Gasteiger partial charge on any atom is 0.295 e. The van der Waals surface area contributed by atoms with Gasteiger partial charge in [-0.15, -0.1) is 0 Å². The molecule has 1 aromatic heterocycles. The van der Waals surface area contributed by atoms with E-state index in [1.165, 1.54) is 4.68 Å². The molecule has 1 atom stereocenters. The lowest BCUT2D eigenvalue weighted by atomic mass is 10.1. The van der Waals surface area contributed by atoms with Crippen molar-refractivity contribution in [3.05, 3.63) is 44.8 Å². The predicted molar refractivity (Wildman–Crippen MR) is 87.6 cm³/mol. The van der Waals surface area contributed by atoms with Gasteiger partial charge in [-0.2, -0.15) is 20.3 Å². The van der Waals surface area contributed by atoms with Crippen LogP contribution in [0.1, 0.15) is 11.1 Å². The number of nitrogen functional groups attached to an aromatic ring is 1. The van der Waals surface area contributed by atoms with Crippen LogP contribution in [0.3, 0.4) is 0 Å². The summed E-state index contributed by atoms with van der Waals surface area (Å²) in [6, 6.07) is 3.65. The largest absolute Gasteiger partial charge is 0.393 e. The van der Waals surface area contributed by atoms with Gasteiger partial charge in [0, 0.05) is 9.92 Å². The number of nitrogens with two attached hydrogens (primary N) is 1. The summed E-state index contributed by atoms with van der Waals surface area (Å²) in [7, 11) is -0.351. The summed E-state index contributed by atoms with van der Waals surface area (Å²) < 4.78 is 1.31. The van der Waals surface area contributed by atoms with Crippen molar-refractivity contribution in [2.75, 3.05) is 12.0 Å². The van der Waals surface area contributed by atoms with Crippen molar-refractivity contribution in [3.63, 3.8) is 0 Å². The Labute approximate surface area is 125 Å². The van der Waals surface area contributed by atoms with Gasteiger partial charge in [0.2, 0.25) is 0 Å². The molecule has 0 aliphatic carbocycles. The monoisotopic (exact) mass is 309 g/mol. The Hall–Kier alpha value is -1.59. The summed E-state index contributed by atoms with van der Waals surface area (Å²) in [5, 5.41) is 4.87. The van der Waals surface area contributed by atoms with Gasteiger partial charge in [-0.05, 0) is 43.4 Å². The van der Waals surface area contributed by atoms with E-state index < -0.39 is 0 Å². The Morgan fingerprint density at radius 2 is 2.00 bits per heavy atom. The van der Waals surface area contributed by atoms with Gasteiger partial charge in [-0.3, -0.25) is 4.79 Å². The summed E-state index contributed by atoms with van der Waals surface area (Å²) in [5.41, 5.74) is 8.23. The molecule has 0 bridgehead atoms. The molecule has 6 heteroatoms. The Kier molecular flexibility index (Phi) is 4.01. The third-order valence-corrected chi connectivity index (χ3v) is 4.54. The molecule has 0 aliphatic heterocycles. The van der Waals surface area contributed by atoms with Gasteiger partial charge in [0.15, 0.2) is 0 Å². The first-order valence-corrected chi connectivity index (χ1v) is 8.11. The van der Waals surface area contributed by atoms with E-state index in [1.54, 1.807) is 6.20 Å². The van der Waals surface area contributed by atoms with Gasteiger partial charge in [0.1, 0.15) is 5.69 Å². The van der Waals surface area contributed by atoms with Crippen molar-refractivity contribution < 1.29 is 0 Å². The fourth-order valence-electron chi connectivity index (χ4n) is 1.89.